The molecule has 0 radical (unpaired) electrons. The molecule has 0 spiro atoms. The van der Waals surface area contributed by atoms with E-state index in [0.717, 1.165) is 10.0 Å². The number of aromatic nitrogens is 1. The Bertz CT molecular complexity index is 800. The summed E-state index contributed by atoms with van der Waals surface area (Å²) in [6.45, 7) is 0. The van der Waals surface area contributed by atoms with E-state index in [9.17, 15) is 4.39 Å². The van der Waals surface area contributed by atoms with Crippen molar-refractivity contribution >= 4 is 37.7 Å². The Morgan fingerprint density at radius 1 is 1.05 bits per heavy atom. The minimum Gasteiger partial charge on any atom is -0.367 e. The van der Waals surface area contributed by atoms with Gasteiger partial charge in [-0.2, -0.15) is 0 Å². The molecular formula is C15H9Br2FN2O. The fraction of sp³-hybridized carbons (Fsp3) is 0. The van der Waals surface area contributed by atoms with Crippen LogP contribution < -0.4 is 5.73 Å². The summed E-state index contributed by atoms with van der Waals surface area (Å²) in [4.78, 5) is 0. The van der Waals surface area contributed by atoms with Gasteiger partial charge >= 0.3 is 0 Å². The highest BCUT2D eigenvalue weighted by Crippen LogP contribution is 2.39. The zero-order chi connectivity index (χ0) is 15.0. The third-order valence-corrected chi connectivity index (χ3v) is 4.39. The van der Waals surface area contributed by atoms with Gasteiger partial charge in [-0.05, 0) is 39.7 Å². The highest BCUT2D eigenvalue weighted by molar-refractivity contribution is 9.10. The van der Waals surface area contributed by atoms with Gasteiger partial charge in [0, 0.05) is 10.0 Å². The van der Waals surface area contributed by atoms with Crippen LogP contribution in [0.2, 0.25) is 0 Å². The van der Waals surface area contributed by atoms with Crippen LogP contribution in [0.1, 0.15) is 0 Å². The predicted octanol–water partition coefficient (Wildman–Crippen LogP) is 5.25. The van der Waals surface area contributed by atoms with Crippen molar-refractivity contribution in [2.24, 2.45) is 0 Å². The first kappa shape index (κ1) is 14.3. The summed E-state index contributed by atoms with van der Waals surface area (Å²) in [5.74, 6) is -0.167. The molecule has 0 saturated carbocycles. The number of halogens is 3. The molecule has 3 nitrogen and oxygen atoms in total. The molecule has 2 aromatic carbocycles. The molecule has 0 atom stereocenters. The summed E-state index contributed by atoms with van der Waals surface area (Å²) in [6.07, 6.45) is 0. The number of nitrogen functional groups attached to an aromatic ring is 1. The van der Waals surface area contributed by atoms with Gasteiger partial charge in [0.15, 0.2) is 0 Å². The van der Waals surface area contributed by atoms with Crippen LogP contribution in [0.3, 0.4) is 0 Å². The van der Waals surface area contributed by atoms with Crippen molar-refractivity contribution < 1.29 is 8.91 Å². The van der Waals surface area contributed by atoms with Gasteiger partial charge in [-0.15, -0.1) is 0 Å². The molecule has 21 heavy (non-hydrogen) atoms. The van der Waals surface area contributed by atoms with Gasteiger partial charge in [-0.3, -0.25) is 0 Å². The highest BCUT2D eigenvalue weighted by Gasteiger charge is 2.20. The molecule has 0 saturated heterocycles. The van der Waals surface area contributed by atoms with Crippen molar-refractivity contribution in [1.29, 1.82) is 0 Å². The van der Waals surface area contributed by atoms with Gasteiger partial charge in [-0.25, -0.2) is 4.39 Å². The molecular weight excluding hydrogens is 403 g/mol. The molecule has 106 valence electrons. The SMILES string of the molecule is Nc1onc(-c2cccc(F)c2Br)c1-c1ccc(Br)cc1. The number of hydrogen-bond acceptors (Lipinski definition) is 3. The molecule has 0 amide bonds. The maximum atomic E-state index is 13.7. The van der Waals surface area contributed by atoms with Crippen LogP contribution in [-0.4, -0.2) is 5.16 Å². The van der Waals surface area contributed by atoms with Crippen LogP contribution in [0.5, 0.6) is 0 Å². The standard InChI is InChI=1S/C15H9Br2FN2O/c16-9-6-4-8(5-7-9)12-14(20-21-15(12)19)10-2-1-3-11(18)13(10)17/h1-7H,19H2. The molecule has 0 bridgehead atoms. The largest absolute Gasteiger partial charge is 0.367 e. The van der Waals surface area contributed by atoms with Crippen LogP contribution in [-0.2, 0) is 0 Å². The molecule has 3 aromatic rings. The van der Waals surface area contributed by atoms with Gasteiger partial charge in [-0.1, -0.05) is 45.4 Å². The Labute approximate surface area is 137 Å². The summed E-state index contributed by atoms with van der Waals surface area (Å²) < 4.78 is 20.1. The second-order valence-electron chi connectivity index (χ2n) is 4.38. The average Bonchev–Trinajstić information content (AvgIpc) is 2.85. The van der Waals surface area contributed by atoms with E-state index < -0.39 is 0 Å². The molecule has 2 N–H and O–H groups in total. The summed E-state index contributed by atoms with van der Waals surface area (Å²) in [6, 6.07) is 12.3. The molecule has 0 aliphatic heterocycles. The van der Waals surface area contributed by atoms with E-state index in [1.807, 2.05) is 24.3 Å². The predicted molar refractivity (Wildman–Crippen MR) is 87.1 cm³/mol. The summed E-state index contributed by atoms with van der Waals surface area (Å²) in [7, 11) is 0. The average molecular weight is 412 g/mol. The monoisotopic (exact) mass is 410 g/mol. The Kier molecular flexibility index (Phi) is 3.82. The van der Waals surface area contributed by atoms with Crippen molar-refractivity contribution in [2.45, 2.75) is 0 Å². The van der Waals surface area contributed by atoms with E-state index in [1.165, 1.54) is 6.07 Å². The van der Waals surface area contributed by atoms with E-state index in [-0.39, 0.29) is 11.7 Å². The molecule has 3 rings (SSSR count). The van der Waals surface area contributed by atoms with Crippen LogP contribution in [0.15, 0.2) is 55.9 Å². The molecule has 0 aliphatic carbocycles. The quantitative estimate of drug-likeness (QED) is 0.626. The Balaban J connectivity index is 2.22. The van der Waals surface area contributed by atoms with E-state index in [0.29, 0.717) is 21.3 Å². The Morgan fingerprint density at radius 3 is 2.48 bits per heavy atom. The second-order valence-corrected chi connectivity index (χ2v) is 6.09. The molecule has 0 fully saturated rings. The van der Waals surface area contributed by atoms with Crippen LogP contribution in [0.25, 0.3) is 22.4 Å². The van der Waals surface area contributed by atoms with E-state index in [2.05, 4.69) is 37.0 Å². The number of rotatable bonds is 2. The van der Waals surface area contributed by atoms with Gasteiger partial charge in [0.05, 0.1) is 10.0 Å². The lowest BCUT2D eigenvalue weighted by molar-refractivity contribution is 0.439. The van der Waals surface area contributed by atoms with Crippen molar-refractivity contribution in [3.05, 3.63) is 57.2 Å². The summed E-state index contributed by atoms with van der Waals surface area (Å²) in [5.41, 5.74) is 8.48. The lowest BCUT2D eigenvalue weighted by Gasteiger charge is -2.05. The van der Waals surface area contributed by atoms with Crippen LogP contribution in [0, 0.1) is 5.82 Å². The number of anilines is 1. The number of benzene rings is 2. The molecule has 1 heterocycles. The van der Waals surface area contributed by atoms with E-state index in [4.69, 9.17) is 10.3 Å². The van der Waals surface area contributed by atoms with Crippen LogP contribution in [0.4, 0.5) is 10.3 Å². The molecule has 0 unspecified atom stereocenters. The van der Waals surface area contributed by atoms with Gasteiger partial charge in [0.25, 0.3) is 0 Å². The zero-order valence-electron chi connectivity index (χ0n) is 10.6. The maximum absolute atomic E-state index is 13.7. The minimum atomic E-state index is -0.365. The molecule has 6 heteroatoms. The molecule has 0 aliphatic rings. The lowest BCUT2D eigenvalue weighted by Crippen LogP contribution is -1.89. The van der Waals surface area contributed by atoms with Gasteiger partial charge in [0.1, 0.15) is 11.5 Å². The van der Waals surface area contributed by atoms with Crippen LogP contribution >= 0.6 is 31.9 Å². The lowest BCUT2D eigenvalue weighted by atomic mass is 10.0. The smallest absolute Gasteiger partial charge is 0.230 e. The summed E-state index contributed by atoms with van der Waals surface area (Å²) >= 11 is 6.62. The third kappa shape index (κ3) is 2.61. The van der Waals surface area contributed by atoms with E-state index >= 15 is 0 Å². The van der Waals surface area contributed by atoms with Crippen molar-refractivity contribution in [3.63, 3.8) is 0 Å². The highest BCUT2D eigenvalue weighted by atomic mass is 79.9. The first-order chi connectivity index (χ1) is 10.1. The van der Waals surface area contributed by atoms with Gasteiger partial charge in [0.2, 0.25) is 5.88 Å². The van der Waals surface area contributed by atoms with Gasteiger partial charge < -0.3 is 10.3 Å². The Hall–Kier alpha value is -1.66. The second kappa shape index (κ2) is 5.61. The van der Waals surface area contributed by atoms with Crippen molar-refractivity contribution in [3.8, 4) is 22.4 Å². The first-order valence-electron chi connectivity index (χ1n) is 6.03. The fourth-order valence-electron chi connectivity index (χ4n) is 2.07. The first-order valence-corrected chi connectivity index (χ1v) is 7.62. The number of nitrogens with two attached hydrogens (primary N) is 1. The van der Waals surface area contributed by atoms with E-state index in [1.54, 1.807) is 12.1 Å². The fourth-order valence-corrected chi connectivity index (χ4v) is 2.79. The van der Waals surface area contributed by atoms with Crippen molar-refractivity contribution in [1.82, 2.24) is 5.16 Å². The topological polar surface area (TPSA) is 52.0 Å². The normalized spacial score (nSPS) is 10.8. The summed E-state index contributed by atoms with van der Waals surface area (Å²) in [5, 5.41) is 3.98. The zero-order valence-corrected chi connectivity index (χ0v) is 13.8. The number of hydrogen-bond donors (Lipinski definition) is 1. The maximum Gasteiger partial charge on any atom is 0.230 e. The minimum absolute atomic E-state index is 0.198. The number of nitrogens with zero attached hydrogens (tertiary/aromatic N) is 1. The molecule has 1 aromatic heterocycles. The Morgan fingerprint density at radius 2 is 1.76 bits per heavy atom. The van der Waals surface area contributed by atoms with Crippen molar-refractivity contribution in [2.75, 3.05) is 5.73 Å². The third-order valence-electron chi connectivity index (χ3n) is 3.06.